The molecule has 16 nitrogen and oxygen atoms in total. The van der Waals surface area contributed by atoms with Crippen molar-refractivity contribution in [3.8, 4) is 0 Å². The summed E-state index contributed by atoms with van der Waals surface area (Å²) >= 11 is 0. The van der Waals surface area contributed by atoms with Crippen LogP contribution in [0.4, 0.5) is 0 Å². The topological polar surface area (TPSA) is 196 Å². The standard InChI is InChI=1S/C51H76O16/c1-26(60-30(5)52)34-19-21-51(56)35-17-16-32-22-33(18-20-49(32,6)36(35)23-39(50(34,51)7)65-47(55)31-14-12-11-13-15-31)64-40-24-37(57-8)44(28(3)61-40)66-41-25-38(58-9)45(29(4)62-41)67-48-43(54)46(59-10)42(53)27(2)63-48/h11-16,26-29,33-46,48,53-54,56H,17-25H2,1-10H3/t26-,27-,28-,29-,33+,34-,35+,36+,37+,38-,39-,40+,41+,42-,43-,44-,45-,46-,48+,49+,50+,51+/m1/s1. The van der Waals surface area contributed by atoms with Gasteiger partial charge in [0, 0.05) is 52.4 Å². The van der Waals surface area contributed by atoms with Gasteiger partial charge in [-0.3, -0.25) is 4.79 Å². The van der Waals surface area contributed by atoms with Crippen molar-refractivity contribution in [1.29, 1.82) is 0 Å². The second kappa shape index (κ2) is 20.3. The SMILES string of the molecule is CO[C@H]1[C@@H](O)[C@H](O[C@@H]2[C@@H](C)O[C@@H](O[C@H]3[C@@H](OC)C[C@H](O[C@H]4CC[C@@]5(C)C(=CC[C@H]6[C@@H]5C[C@@H](OC(=O)c5ccccc5)[C@]5(C)[C@@H]([C@@H](C)OC(C)=O)CC[C@]65O)C4)O[C@@H]3C)C[C@H]2OC)O[C@H](C)[C@H]1O. The number of carbonyl (C=O) groups is 2. The van der Waals surface area contributed by atoms with E-state index < -0.39 is 103 Å². The van der Waals surface area contributed by atoms with Gasteiger partial charge in [0.2, 0.25) is 0 Å². The van der Waals surface area contributed by atoms with E-state index in [1.54, 1.807) is 33.3 Å². The number of allylic oxidation sites excluding steroid dienone is 1. The van der Waals surface area contributed by atoms with Gasteiger partial charge in [-0.05, 0) is 102 Å². The van der Waals surface area contributed by atoms with Crippen molar-refractivity contribution < 1.29 is 77.0 Å². The van der Waals surface area contributed by atoms with Crippen molar-refractivity contribution in [1.82, 2.24) is 0 Å². The second-order valence-corrected chi connectivity index (χ2v) is 20.9. The summed E-state index contributed by atoms with van der Waals surface area (Å²) in [6.45, 7) is 13.2. The number of hydrogen-bond acceptors (Lipinski definition) is 16. The predicted octanol–water partition coefficient (Wildman–Crippen LogP) is 5.40. The average molecular weight is 945 g/mol. The van der Waals surface area contributed by atoms with Gasteiger partial charge in [-0.15, -0.1) is 0 Å². The number of fused-ring (bicyclic) bond motifs is 5. The van der Waals surface area contributed by atoms with E-state index in [9.17, 15) is 24.9 Å². The van der Waals surface area contributed by atoms with E-state index in [-0.39, 0.29) is 41.3 Å². The summed E-state index contributed by atoms with van der Waals surface area (Å²) in [5, 5.41) is 34.5. The molecule has 376 valence electrons. The van der Waals surface area contributed by atoms with Crippen molar-refractivity contribution in [3.05, 3.63) is 47.5 Å². The molecule has 3 N–H and O–H groups in total. The van der Waals surface area contributed by atoms with Crippen molar-refractivity contribution in [2.24, 2.45) is 28.6 Å². The first-order valence-electron chi connectivity index (χ1n) is 24.6. The van der Waals surface area contributed by atoms with E-state index in [4.69, 9.17) is 52.1 Å². The number of aliphatic hydroxyl groups excluding tert-OH is 2. The molecule has 1 aromatic rings. The Kier molecular flexibility index (Phi) is 15.4. The van der Waals surface area contributed by atoms with E-state index in [0.29, 0.717) is 50.5 Å². The quantitative estimate of drug-likeness (QED) is 0.168. The summed E-state index contributed by atoms with van der Waals surface area (Å²) in [6, 6.07) is 9.00. The zero-order chi connectivity index (χ0) is 48.2. The highest BCUT2D eigenvalue weighted by atomic mass is 16.8. The van der Waals surface area contributed by atoms with Crippen molar-refractivity contribution in [2.45, 2.75) is 210 Å². The van der Waals surface area contributed by atoms with Gasteiger partial charge in [0.15, 0.2) is 18.9 Å². The Morgan fingerprint density at radius 2 is 1.40 bits per heavy atom. The molecule has 6 fully saturated rings. The Hall–Kier alpha value is -2.58. The molecular formula is C51H76O16. The maximum absolute atomic E-state index is 13.8. The summed E-state index contributed by atoms with van der Waals surface area (Å²) in [5.41, 5.74) is -0.495. The molecule has 0 spiro atoms. The number of ether oxygens (including phenoxy) is 11. The van der Waals surface area contributed by atoms with Gasteiger partial charge in [0.25, 0.3) is 0 Å². The monoisotopic (exact) mass is 945 g/mol. The van der Waals surface area contributed by atoms with Crippen LogP contribution in [0.25, 0.3) is 0 Å². The van der Waals surface area contributed by atoms with Gasteiger partial charge in [0.1, 0.15) is 42.7 Å². The normalized spacial score (nSPS) is 46.9. The lowest BCUT2D eigenvalue weighted by Gasteiger charge is -2.63. The fourth-order valence-corrected chi connectivity index (χ4v) is 13.7. The number of esters is 2. The molecule has 0 unspecified atom stereocenters. The number of methoxy groups -OCH3 is 3. The molecule has 3 aliphatic heterocycles. The van der Waals surface area contributed by atoms with Crippen LogP contribution in [0.3, 0.4) is 0 Å². The highest BCUT2D eigenvalue weighted by Gasteiger charge is 2.72. The van der Waals surface area contributed by atoms with Gasteiger partial charge < -0.3 is 67.4 Å². The van der Waals surface area contributed by atoms with Crippen LogP contribution in [0.2, 0.25) is 0 Å². The molecule has 4 aliphatic carbocycles. The minimum atomic E-state index is -1.22. The smallest absolute Gasteiger partial charge is 0.338 e. The van der Waals surface area contributed by atoms with E-state index in [1.807, 2.05) is 39.0 Å². The molecule has 16 heteroatoms. The number of aliphatic hydroxyl groups is 3. The Labute approximate surface area is 395 Å². The second-order valence-electron chi connectivity index (χ2n) is 20.9. The van der Waals surface area contributed by atoms with Gasteiger partial charge >= 0.3 is 11.9 Å². The van der Waals surface area contributed by atoms with Gasteiger partial charge in [-0.1, -0.05) is 43.7 Å². The predicted molar refractivity (Wildman–Crippen MR) is 240 cm³/mol. The lowest BCUT2D eigenvalue weighted by Crippen LogP contribution is -2.67. The van der Waals surface area contributed by atoms with Crippen LogP contribution in [0, 0.1) is 28.6 Å². The Morgan fingerprint density at radius 1 is 0.761 bits per heavy atom. The van der Waals surface area contributed by atoms with Crippen LogP contribution in [0.15, 0.2) is 42.0 Å². The number of carbonyl (C=O) groups excluding carboxylic acids is 2. The molecule has 0 bridgehead atoms. The van der Waals surface area contributed by atoms with Crippen LogP contribution in [-0.2, 0) is 56.9 Å². The Bertz CT molecular complexity index is 1900. The molecular weight excluding hydrogens is 869 g/mol. The van der Waals surface area contributed by atoms with Crippen LogP contribution >= 0.6 is 0 Å². The first-order chi connectivity index (χ1) is 31.9. The van der Waals surface area contributed by atoms with Gasteiger partial charge in [-0.25, -0.2) is 4.79 Å². The number of benzene rings is 1. The summed E-state index contributed by atoms with van der Waals surface area (Å²) in [4.78, 5) is 26.0. The van der Waals surface area contributed by atoms with Gasteiger partial charge in [-0.2, -0.15) is 0 Å². The summed E-state index contributed by atoms with van der Waals surface area (Å²) in [6.07, 6.45) is -2.10. The molecule has 8 rings (SSSR count). The lowest BCUT2D eigenvalue weighted by atomic mass is 9.44. The minimum Gasteiger partial charge on any atom is -0.463 e. The van der Waals surface area contributed by atoms with Gasteiger partial charge in [0.05, 0.1) is 47.8 Å². The largest absolute Gasteiger partial charge is 0.463 e. The zero-order valence-electron chi connectivity index (χ0n) is 40.9. The van der Waals surface area contributed by atoms with Crippen LogP contribution in [0.1, 0.15) is 117 Å². The van der Waals surface area contributed by atoms with Crippen LogP contribution < -0.4 is 0 Å². The molecule has 3 heterocycles. The fraction of sp³-hybridized carbons (Fsp3) is 0.804. The lowest BCUT2D eigenvalue weighted by molar-refractivity contribution is -0.352. The molecule has 7 aliphatic rings. The maximum atomic E-state index is 13.8. The molecule has 22 atom stereocenters. The first kappa shape index (κ1) is 50.8. The molecule has 1 aromatic carbocycles. The van der Waals surface area contributed by atoms with Crippen LogP contribution in [0.5, 0.6) is 0 Å². The summed E-state index contributed by atoms with van der Waals surface area (Å²) < 4.78 is 68.0. The summed E-state index contributed by atoms with van der Waals surface area (Å²) in [7, 11) is 4.68. The minimum absolute atomic E-state index is 0.0433. The molecule has 67 heavy (non-hydrogen) atoms. The first-order valence-corrected chi connectivity index (χ1v) is 24.6. The Morgan fingerprint density at radius 3 is 2.03 bits per heavy atom. The third-order valence-corrected chi connectivity index (χ3v) is 17.4. The van der Waals surface area contributed by atoms with Crippen molar-refractivity contribution in [3.63, 3.8) is 0 Å². The molecule has 0 radical (unpaired) electrons. The molecule has 3 saturated heterocycles. The molecule has 0 aromatic heterocycles. The van der Waals surface area contributed by atoms with E-state index in [0.717, 1.165) is 12.8 Å². The van der Waals surface area contributed by atoms with Crippen LogP contribution in [-0.4, -0.2) is 152 Å². The number of rotatable bonds is 13. The Balaban J connectivity index is 0.913. The van der Waals surface area contributed by atoms with Crippen molar-refractivity contribution in [2.75, 3.05) is 21.3 Å². The molecule has 0 amide bonds. The fourth-order valence-electron chi connectivity index (χ4n) is 13.7. The number of hydrogen-bond donors (Lipinski definition) is 3. The van der Waals surface area contributed by atoms with E-state index in [2.05, 4.69) is 19.9 Å². The van der Waals surface area contributed by atoms with Crippen molar-refractivity contribution >= 4 is 11.9 Å². The zero-order valence-corrected chi connectivity index (χ0v) is 40.9. The molecule has 3 saturated carbocycles. The maximum Gasteiger partial charge on any atom is 0.338 e. The third kappa shape index (κ3) is 9.41. The summed E-state index contributed by atoms with van der Waals surface area (Å²) in [5.74, 6) is -1.01. The highest BCUT2D eigenvalue weighted by Crippen LogP contribution is 2.69. The average Bonchev–Trinajstić information content (AvgIpc) is 3.59. The highest BCUT2D eigenvalue weighted by molar-refractivity contribution is 5.89. The van der Waals surface area contributed by atoms with E-state index >= 15 is 0 Å². The van der Waals surface area contributed by atoms with E-state index in [1.165, 1.54) is 19.6 Å². The third-order valence-electron chi connectivity index (χ3n) is 17.4.